The zero-order valence-electron chi connectivity index (χ0n) is 22.9. The van der Waals surface area contributed by atoms with Gasteiger partial charge in [0.15, 0.2) is 0 Å². The number of carbonyl (C=O) groups excluding carboxylic acids is 1. The number of anilines is 2. The summed E-state index contributed by atoms with van der Waals surface area (Å²) in [4.78, 5) is 20.8. The monoisotopic (exact) mass is 580 g/mol. The SMILES string of the molecule is CN1CCC(c2ccc(C(=O)NC(=N)c3cc(Sc4cc(F)cc(F)c4)cnc3N)c(NC3CCOCC3)c2)CC1. The average molecular weight is 581 g/mol. The highest BCUT2D eigenvalue weighted by atomic mass is 32.2. The Bertz CT molecular complexity index is 1400. The van der Waals surface area contributed by atoms with E-state index >= 15 is 0 Å². The van der Waals surface area contributed by atoms with Crippen LogP contribution in [0.5, 0.6) is 0 Å². The van der Waals surface area contributed by atoms with Crippen LogP contribution in [0.3, 0.4) is 0 Å². The van der Waals surface area contributed by atoms with Gasteiger partial charge in [-0.2, -0.15) is 0 Å². The first-order valence-electron chi connectivity index (χ1n) is 13.7. The van der Waals surface area contributed by atoms with Gasteiger partial charge in [0.1, 0.15) is 23.3 Å². The molecule has 0 aliphatic carbocycles. The van der Waals surface area contributed by atoms with E-state index in [-0.39, 0.29) is 23.3 Å². The van der Waals surface area contributed by atoms with Gasteiger partial charge in [0.25, 0.3) is 5.91 Å². The molecule has 1 aromatic heterocycles. The van der Waals surface area contributed by atoms with Gasteiger partial charge in [-0.3, -0.25) is 10.2 Å². The zero-order valence-corrected chi connectivity index (χ0v) is 23.7. The van der Waals surface area contributed by atoms with Crippen molar-refractivity contribution in [3.05, 3.63) is 77.0 Å². The predicted molar refractivity (Wildman–Crippen MR) is 157 cm³/mol. The van der Waals surface area contributed by atoms with E-state index in [4.69, 9.17) is 15.9 Å². The number of amidine groups is 1. The molecule has 2 aromatic carbocycles. The first-order chi connectivity index (χ1) is 19.7. The van der Waals surface area contributed by atoms with Crippen LogP contribution in [0.15, 0.2) is 58.5 Å². The lowest BCUT2D eigenvalue weighted by atomic mass is 9.88. The van der Waals surface area contributed by atoms with E-state index in [1.165, 1.54) is 23.9 Å². The van der Waals surface area contributed by atoms with Gasteiger partial charge in [-0.25, -0.2) is 13.8 Å². The van der Waals surface area contributed by atoms with Gasteiger partial charge in [0, 0.05) is 47.0 Å². The summed E-state index contributed by atoms with van der Waals surface area (Å²) < 4.78 is 32.8. The van der Waals surface area contributed by atoms with Crippen molar-refractivity contribution in [3.63, 3.8) is 0 Å². The molecule has 0 atom stereocenters. The number of pyridine rings is 1. The molecule has 0 saturated carbocycles. The first-order valence-corrected chi connectivity index (χ1v) is 14.5. The van der Waals surface area contributed by atoms with Crippen LogP contribution in [0, 0.1) is 17.0 Å². The van der Waals surface area contributed by atoms with Crippen LogP contribution < -0.4 is 16.4 Å². The smallest absolute Gasteiger partial charge is 0.258 e. The fourth-order valence-corrected chi connectivity index (χ4v) is 6.12. The highest BCUT2D eigenvalue weighted by Crippen LogP contribution is 2.32. The number of nitrogens with one attached hydrogen (secondary N) is 3. The largest absolute Gasteiger partial charge is 0.383 e. The molecular weight excluding hydrogens is 546 g/mol. The van der Waals surface area contributed by atoms with E-state index in [0.717, 1.165) is 62.3 Å². The van der Waals surface area contributed by atoms with Crippen LogP contribution in [0.4, 0.5) is 20.3 Å². The summed E-state index contributed by atoms with van der Waals surface area (Å²) in [5.74, 6) is -1.56. The minimum Gasteiger partial charge on any atom is -0.383 e. The molecule has 3 heterocycles. The number of carbonyl (C=O) groups is 1. The normalized spacial score (nSPS) is 16.9. The average Bonchev–Trinajstić information content (AvgIpc) is 2.94. The summed E-state index contributed by atoms with van der Waals surface area (Å²) in [7, 11) is 2.13. The number of rotatable bonds is 7. The molecule has 3 aromatic rings. The van der Waals surface area contributed by atoms with E-state index in [0.29, 0.717) is 34.5 Å². The van der Waals surface area contributed by atoms with Gasteiger partial charge in [-0.05, 0) is 87.6 Å². The number of hydrogen-bond donors (Lipinski definition) is 4. The fourth-order valence-electron chi connectivity index (χ4n) is 5.22. The number of halogens is 2. The molecule has 8 nitrogen and oxygen atoms in total. The Kier molecular flexibility index (Phi) is 9.16. The maximum Gasteiger partial charge on any atom is 0.258 e. The highest BCUT2D eigenvalue weighted by Gasteiger charge is 2.23. The van der Waals surface area contributed by atoms with Gasteiger partial charge in [-0.15, -0.1) is 0 Å². The van der Waals surface area contributed by atoms with E-state index in [1.54, 1.807) is 6.07 Å². The van der Waals surface area contributed by atoms with E-state index < -0.39 is 17.5 Å². The fraction of sp³-hybridized carbons (Fsp3) is 0.367. The van der Waals surface area contributed by atoms with Gasteiger partial charge in [0.05, 0.1) is 11.1 Å². The number of nitrogen functional groups attached to an aromatic ring is 1. The molecule has 5 rings (SSSR count). The number of benzene rings is 2. The van der Waals surface area contributed by atoms with E-state index in [1.807, 2.05) is 12.1 Å². The summed E-state index contributed by atoms with van der Waals surface area (Å²) in [5.41, 5.74) is 8.64. The Labute approximate surface area is 242 Å². The second-order valence-corrected chi connectivity index (χ2v) is 11.7. The molecule has 2 aliphatic heterocycles. The molecule has 1 amide bonds. The third kappa shape index (κ3) is 7.41. The van der Waals surface area contributed by atoms with Gasteiger partial charge < -0.3 is 26.0 Å². The summed E-state index contributed by atoms with van der Waals surface area (Å²) >= 11 is 1.08. The maximum absolute atomic E-state index is 13.7. The number of amides is 1. The number of nitrogens with zero attached hydrogens (tertiary/aromatic N) is 2. The van der Waals surface area contributed by atoms with Gasteiger partial charge >= 0.3 is 0 Å². The van der Waals surface area contributed by atoms with Crippen LogP contribution in [-0.2, 0) is 4.74 Å². The molecule has 2 fully saturated rings. The Balaban J connectivity index is 1.35. The molecule has 0 unspecified atom stereocenters. The summed E-state index contributed by atoms with van der Waals surface area (Å²) in [6, 6.07) is 10.9. The van der Waals surface area contributed by atoms with Crippen molar-refractivity contribution in [2.45, 2.75) is 47.4 Å². The second kappa shape index (κ2) is 13.0. The topological polar surface area (TPSA) is 116 Å². The Morgan fingerprint density at radius 1 is 1.02 bits per heavy atom. The summed E-state index contributed by atoms with van der Waals surface area (Å²) in [6.45, 7) is 3.41. The van der Waals surface area contributed by atoms with Crippen LogP contribution in [0.1, 0.15) is 53.1 Å². The standard InChI is InChI=1S/C30H34F2N6O2S/c1-38-8-4-18(5-9-38)19-2-3-25(27(12-19)36-22-6-10-40-11-7-22)30(39)37-29(34)26-16-24(17-35-28(26)33)41-23-14-20(31)13-21(32)15-23/h2-3,12-18,22,36H,4-11H2,1H3,(H2,33,35)(H2,34,37,39). The van der Waals surface area contributed by atoms with Crippen LogP contribution in [0.25, 0.3) is 0 Å². The number of ether oxygens (including phenoxy) is 1. The molecular formula is C30H34F2N6O2S. The Hall–Kier alpha value is -3.54. The van der Waals surface area contributed by atoms with E-state index in [2.05, 4.69) is 33.6 Å². The molecule has 5 N–H and O–H groups in total. The van der Waals surface area contributed by atoms with Crippen LogP contribution in [0.2, 0.25) is 0 Å². The van der Waals surface area contributed by atoms with Crippen LogP contribution in [-0.4, -0.2) is 61.0 Å². The Morgan fingerprint density at radius 3 is 2.44 bits per heavy atom. The minimum absolute atomic E-state index is 0.0586. The lowest BCUT2D eigenvalue weighted by molar-refractivity contribution is 0.0904. The molecule has 2 saturated heterocycles. The number of piperidine rings is 1. The van der Waals surface area contributed by atoms with Crippen molar-refractivity contribution >= 4 is 35.0 Å². The van der Waals surface area contributed by atoms with E-state index in [9.17, 15) is 13.6 Å². The van der Waals surface area contributed by atoms with Crippen LogP contribution >= 0.6 is 11.8 Å². The number of aromatic nitrogens is 1. The lowest BCUT2D eigenvalue weighted by Crippen LogP contribution is -2.33. The molecule has 0 radical (unpaired) electrons. The van der Waals surface area contributed by atoms with Gasteiger partial charge in [-0.1, -0.05) is 17.8 Å². The van der Waals surface area contributed by atoms with Crippen molar-refractivity contribution in [2.75, 3.05) is 44.4 Å². The molecule has 216 valence electrons. The van der Waals surface area contributed by atoms with Crippen molar-refractivity contribution in [2.24, 2.45) is 0 Å². The predicted octanol–water partition coefficient (Wildman–Crippen LogP) is 5.25. The number of nitrogens with two attached hydrogens (primary N) is 1. The third-order valence-corrected chi connectivity index (χ3v) is 8.46. The number of hydrogen-bond acceptors (Lipinski definition) is 8. The second-order valence-electron chi connectivity index (χ2n) is 10.6. The van der Waals surface area contributed by atoms with Crippen molar-refractivity contribution in [1.29, 1.82) is 5.41 Å². The first kappa shape index (κ1) is 29.0. The quantitative estimate of drug-likeness (QED) is 0.223. The molecule has 0 spiro atoms. The van der Waals surface area contributed by atoms with Crippen molar-refractivity contribution in [1.82, 2.24) is 15.2 Å². The molecule has 2 aliphatic rings. The molecule has 0 bridgehead atoms. The number of likely N-dealkylation sites (tertiary alicyclic amines) is 1. The van der Waals surface area contributed by atoms with Crippen molar-refractivity contribution in [3.8, 4) is 0 Å². The molecule has 41 heavy (non-hydrogen) atoms. The maximum atomic E-state index is 13.7. The van der Waals surface area contributed by atoms with Crippen molar-refractivity contribution < 1.29 is 18.3 Å². The highest BCUT2D eigenvalue weighted by molar-refractivity contribution is 7.99. The third-order valence-electron chi connectivity index (χ3n) is 7.53. The Morgan fingerprint density at radius 2 is 1.73 bits per heavy atom. The summed E-state index contributed by atoms with van der Waals surface area (Å²) in [5, 5.41) is 14.9. The minimum atomic E-state index is -0.692. The van der Waals surface area contributed by atoms with Gasteiger partial charge in [0.2, 0.25) is 0 Å². The summed E-state index contributed by atoms with van der Waals surface area (Å²) in [6.07, 6.45) is 5.27. The molecule has 11 heteroatoms. The lowest BCUT2D eigenvalue weighted by Gasteiger charge is -2.30. The zero-order chi connectivity index (χ0) is 28.9.